The molecular weight excluding hydrogens is 579 g/mol. The maximum Gasteiger partial charge on any atom is 0.284 e. The van der Waals surface area contributed by atoms with Crippen molar-refractivity contribution in [3.63, 3.8) is 0 Å². The van der Waals surface area contributed by atoms with Crippen LogP contribution in [-0.2, 0) is 7.05 Å². The van der Waals surface area contributed by atoms with Crippen LogP contribution in [0.25, 0.3) is 16.6 Å². The lowest BCUT2D eigenvalue weighted by Crippen LogP contribution is -2.25. The lowest BCUT2D eigenvalue weighted by molar-refractivity contribution is 0.102. The largest absolute Gasteiger partial charge is 0.493 e. The number of hydrogen-bond donors (Lipinski definition) is 2. The Labute approximate surface area is 258 Å². The van der Waals surface area contributed by atoms with E-state index in [2.05, 4.69) is 10.3 Å². The molecular formula is C34H33FN4O6. The molecule has 1 amide bonds. The first-order valence-corrected chi connectivity index (χ1v) is 14.6. The zero-order valence-corrected chi connectivity index (χ0v) is 25.2. The maximum absolute atomic E-state index is 15.3. The van der Waals surface area contributed by atoms with Crippen LogP contribution in [0.3, 0.4) is 0 Å². The number of aromatic nitrogens is 3. The molecule has 5 aromatic rings. The Morgan fingerprint density at radius 2 is 1.82 bits per heavy atom. The van der Waals surface area contributed by atoms with E-state index in [0.29, 0.717) is 59.0 Å². The molecule has 0 radical (unpaired) electrons. The first-order chi connectivity index (χ1) is 21.7. The van der Waals surface area contributed by atoms with Crippen molar-refractivity contribution in [3.05, 3.63) is 100 Å². The van der Waals surface area contributed by atoms with Gasteiger partial charge in [0, 0.05) is 36.5 Å². The minimum Gasteiger partial charge on any atom is -0.493 e. The molecule has 1 aliphatic rings. The van der Waals surface area contributed by atoms with Gasteiger partial charge in [0.25, 0.3) is 11.5 Å². The Hall–Kier alpha value is -5.16. The van der Waals surface area contributed by atoms with Crippen LogP contribution in [0.2, 0.25) is 0 Å². The number of methoxy groups -OCH3 is 1. The molecule has 45 heavy (non-hydrogen) atoms. The van der Waals surface area contributed by atoms with Crippen molar-refractivity contribution in [2.75, 3.05) is 19.0 Å². The standard InChI is InChI=1S/C34H33FN4O6/c1-21-31(33(41)39(38(21)2)23-8-5-4-6-9-23)32(40)37-22-10-11-28(25(35)18-22)45-27-12-16-36-26-20-30(29(43-3)19-24(26)27)44-17-7-13-34(42)14-15-34/h4-6,8-12,16,18-20,42H,7,13-15,17H2,1-3H3,(H,37,40). The van der Waals surface area contributed by atoms with Gasteiger partial charge in [0.2, 0.25) is 0 Å². The van der Waals surface area contributed by atoms with Gasteiger partial charge in [-0.2, -0.15) is 0 Å². The number of nitrogens with zero attached hydrogens (tertiary/aromatic N) is 3. The lowest BCUT2D eigenvalue weighted by atomic mass is 10.1. The molecule has 0 aliphatic heterocycles. The van der Waals surface area contributed by atoms with Crippen molar-refractivity contribution in [1.82, 2.24) is 14.3 Å². The van der Waals surface area contributed by atoms with Crippen molar-refractivity contribution in [2.45, 2.75) is 38.2 Å². The zero-order chi connectivity index (χ0) is 31.7. The molecule has 2 heterocycles. The molecule has 232 valence electrons. The highest BCUT2D eigenvalue weighted by Crippen LogP contribution is 2.40. The Kier molecular flexibility index (Phi) is 8.03. The van der Waals surface area contributed by atoms with Gasteiger partial charge >= 0.3 is 0 Å². The Bertz CT molecular complexity index is 1950. The van der Waals surface area contributed by atoms with Crippen LogP contribution in [0.15, 0.2) is 77.7 Å². The minimum absolute atomic E-state index is 0.0390. The molecule has 2 aromatic heterocycles. The number of rotatable bonds is 11. The van der Waals surface area contributed by atoms with E-state index < -0.39 is 22.9 Å². The number of para-hydroxylation sites is 1. The van der Waals surface area contributed by atoms with Crippen molar-refractivity contribution in [3.8, 4) is 28.7 Å². The maximum atomic E-state index is 15.3. The van der Waals surface area contributed by atoms with E-state index in [1.165, 1.54) is 23.9 Å². The number of ether oxygens (including phenoxy) is 3. The van der Waals surface area contributed by atoms with E-state index in [1.54, 1.807) is 67.3 Å². The van der Waals surface area contributed by atoms with Gasteiger partial charge in [0.05, 0.1) is 36.2 Å². The molecule has 0 spiro atoms. The predicted octanol–water partition coefficient (Wildman–Crippen LogP) is 5.91. The summed E-state index contributed by atoms with van der Waals surface area (Å²) in [5, 5.41) is 13.3. The molecule has 10 nitrogen and oxygen atoms in total. The lowest BCUT2D eigenvalue weighted by Gasteiger charge is -2.15. The summed E-state index contributed by atoms with van der Waals surface area (Å²) in [5.41, 5.74) is 0.758. The van der Waals surface area contributed by atoms with Crippen molar-refractivity contribution in [2.24, 2.45) is 7.05 Å². The van der Waals surface area contributed by atoms with Crippen LogP contribution in [0.5, 0.6) is 23.0 Å². The number of hydrogen-bond acceptors (Lipinski definition) is 7. The molecule has 1 fully saturated rings. The number of carbonyl (C=O) groups is 1. The van der Waals surface area contributed by atoms with Crippen LogP contribution in [0.4, 0.5) is 10.1 Å². The number of fused-ring (bicyclic) bond motifs is 1. The highest BCUT2D eigenvalue weighted by molar-refractivity contribution is 6.05. The van der Waals surface area contributed by atoms with Gasteiger partial charge in [0.15, 0.2) is 23.1 Å². The fourth-order valence-electron chi connectivity index (χ4n) is 5.27. The predicted molar refractivity (Wildman–Crippen MR) is 167 cm³/mol. The van der Waals surface area contributed by atoms with Gasteiger partial charge in [-0.1, -0.05) is 18.2 Å². The molecule has 6 rings (SSSR count). The number of pyridine rings is 1. The summed E-state index contributed by atoms with van der Waals surface area (Å²) in [7, 11) is 3.22. The smallest absolute Gasteiger partial charge is 0.284 e. The quantitative estimate of drug-likeness (QED) is 0.178. The molecule has 3 aromatic carbocycles. The fraction of sp³-hybridized carbons (Fsp3) is 0.265. The molecule has 11 heteroatoms. The Morgan fingerprint density at radius 1 is 1.04 bits per heavy atom. The number of nitrogens with one attached hydrogen (secondary N) is 1. The van der Waals surface area contributed by atoms with Gasteiger partial charge in [0.1, 0.15) is 11.3 Å². The highest BCUT2D eigenvalue weighted by atomic mass is 19.1. The average molecular weight is 613 g/mol. The summed E-state index contributed by atoms with van der Waals surface area (Å²) in [6.45, 7) is 2.10. The first kappa shape index (κ1) is 29.9. The second-order valence-corrected chi connectivity index (χ2v) is 11.1. The number of aliphatic hydroxyl groups is 1. The molecule has 0 unspecified atom stereocenters. The summed E-state index contributed by atoms with van der Waals surface area (Å²) >= 11 is 0. The van der Waals surface area contributed by atoms with Gasteiger partial charge in [-0.25, -0.2) is 9.07 Å². The summed E-state index contributed by atoms with van der Waals surface area (Å²) < 4.78 is 35.7. The van der Waals surface area contributed by atoms with Gasteiger partial charge in [-0.05, 0) is 69.0 Å². The second-order valence-electron chi connectivity index (χ2n) is 11.1. The molecule has 0 bridgehead atoms. The number of amides is 1. The topological polar surface area (TPSA) is 117 Å². The van der Waals surface area contributed by atoms with Crippen LogP contribution in [0.1, 0.15) is 41.7 Å². The normalized spacial score (nSPS) is 13.4. The van der Waals surface area contributed by atoms with E-state index in [0.717, 1.165) is 18.9 Å². The number of carbonyl (C=O) groups excluding carboxylic acids is 1. The number of benzene rings is 3. The second kappa shape index (κ2) is 12.1. The summed E-state index contributed by atoms with van der Waals surface area (Å²) in [5.74, 6) is -0.115. The number of halogens is 1. The monoisotopic (exact) mass is 612 g/mol. The van der Waals surface area contributed by atoms with E-state index in [9.17, 15) is 14.7 Å². The summed E-state index contributed by atoms with van der Waals surface area (Å²) in [6.07, 6.45) is 4.62. The molecule has 0 saturated heterocycles. The van der Waals surface area contributed by atoms with E-state index in [1.807, 2.05) is 6.07 Å². The third-order valence-electron chi connectivity index (χ3n) is 8.05. The third kappa shape index (κ3) is 6.12. The average Bonchev–Trinajstić information content (AvgIpc) is 3.72. The molecule has 1 saturated carbocycles. The van der Waals surface area contributed by atoms with Crippen molar-refractivity contribution in [1.29, 1.82) is 0 Å². The van der Waals surface area contributed by atoms with E-state index in [-0.39, 0.29) is 17.0 Å². The van der Waals surface area contributed by atoms with Crippen LogP contribution < -0.4 is 25.1 Å². The van der Waals surface area contributed by atoms with Crippen LogP contribution in [-0.4, -0.2) is 44.7 Å². The Morgan fingerprint density at radius 3 is 2.53 bits per heavy atom. The highest BCUT2D eigenvalue weighted by Gasteiger charge is 2.39. The van der Waals surface area contributed by atoms with Crippen molar-refractivity contribution < 1.29 is 28.5 Å². The summed E-state index contributed by atoms with van der Waals surface area (Å²) in [4.78, 5) is 30.8. The first-order valence-electron chi connectivity index (χ1n) is 14.6. The van der Waals surface area contributed by atoms with Crippen molar-refractivity contribution >= 4 is 22.5 Å². The molecule has 0 atom stereocenters. The van der Waals surface area contributed by atoms with Gasteiger partial charge in [-0.15, -0.1) is 0 Å². The van der Waals surface area contributed by atoms with Crippen LogP contribution >= 0.6 is 0 Å². The molecule has 2 N–H and O–H groups in total. The fourth-order valence-corrected chi connectivity index (χ4v) is 5.27. The number of anilines is 1. The Balaban J connectivity index is 1.19. The van der Waals surface area contributed by atoms with Gasteiger partial charge < -0.3 is 24.6 Å². The van der Waals surface area contributed by atoms with Crippen LogP contribution in [0, 0.1) is 12.7 Å². The minimum atomic E-state index is -0.714. The third-order valence-corrected chi connectivity index (χ3v) is 8.05. The van der Waals surface area contributed by atoms with E-state index >= 15 is 4.39 Å². The molecule has 1 aliphatic carbocycles. The summed E-state index contributed by atoms with van der Waals surface area (Å²) in [6, 6.07) is 18.1. The zero-order valence-electron chi connectivity index (χ0n) is 25.2. The van der Waals surface area contributed by atoms with E-state index in [4.69, 9.17) is 14.2 Å². The van der Waals surface area contributed by atoms with Gasteiger partial charge in [-0.3, -0.25) is 19.3 Å². The SMILES string of the molecule is COc1cc2c(Oc3ccc(NC(=O)c4c(C)n(C)n(-c5ccccc5)c4=O)cc3F)ccnc2cc1OCCCC1(O)CC1.